The fourth-order valence-corrected chi connectivity index (χ4v) is 2.05. The van der Waals surface area contributed by atoms with Gasteiger partial charge in [0.1, 0.15) is 0 Å². The number of piperidine rings is 1. The summed E-state index contributed by atoms with van der Waals surface area (Å²) in [5.74, 6) is 0.624. The molecule has 0 aromatic rings. The lowest BCUT2D eigenvalue weighted by atomic mass is 9.72. The highest BCUT2D eigenvalue weighted by Gasteiger charge is 2.41. The van der Waals surface area contributed by atoms with Crippen molar-refractivity contribution in [3.8, 4) is 0 Å². The molecule has 1 saturated heterocycles. The standard InChI is InChI=1S/C10H20N2O/c1-8-7-12(4)6-5-10(8,2)9(13)11-3/h8H,5-7H2,1-4H3,(H,11,13)/t8-,10+/m1/s1. The first-order valence-electron chi connectivity index (χ1n) is 4.91. The topological polar surface area (TPSA) is 32.3 Å². The largest absolute Gasteiger partial charge is 0.359 e. The molecule has 3 heteroatoms. The highest BCUT2D eigenvalue weighted by molar-refractivity contribution is 5.82. The van der Waals surface area contributed by atoms with Gasteiger partial charge in [0.2, 0.25) is 5.91 Å². The molecule has 3 nitrogen and oxygen atoms in total. The van der Waals surface area contributed by atoms with Crippen LogP contribution in [0.3, 0.4) is 0 Å². The smallest absolute Gasteiger partial charge is 0.226 e. The number of nitrogens with zero attached hydrogens (tertiary/aromatic N) is 1. The third-order valence-electron chi connectivity index (χ3n) is 3.43. The van der Waals surface area contributed by atoms with E-state index in [0.717, 1.165) is 19.5 Å². The van der Waals surface area contributed by atoms with Crippen LogP contribution in [0, 0.1) is 11.3 Å². The second-order valence-corrected chi connectivity index (χ2v) is 4.41. The number of hydrogen-bond acceptors (Lipinski definition) is 2. The fraction of sp³-hybridized carbons (Fsp3) is 0.900. The number of likely N-dealkylation sites (tertiary alicyclic amines) is 1. The van der Waals surface area contributed by atoms with E-state index in [1.54, 1.807) is 7.05 Å². The summed E-state index contributed by atoms with van der Waals surface area (Å²) in [6, 6.07) is 0. The summed E-state index contributed by atoms with van der Waals surface area (Å²) in [5.41, 5.74) is -0.165. The Morgan fingerprint density at radius 2 is 2.23 bits per heavy atom. The average Bonchev–Trinajstić information content (AvgIpc) is 2.11. The van der Waals surface area contributed by atoms with Crippen LogP contribution in [0.2, 0.25) is 0 Å². The van der Waals surface area contributed by atoms with Crippen LogP contribution in [0.4, 0.5) is 0 Å². The molecule has 0 aliphatic carbocycles. The van der Waals surface area contributed by atoms with E-state index in [1.165, 1.54) is 0 Å². The van der Waals surface area contributed by atoms with E-state index in [-0.39, 0.29) is 11.3 Å². The van der Waals surface area contributed by atoms with Crippen molar-refractivity contribution in [1.82, 2.24) is 10.2 Å². The third-order valence-corrected chi connectivity index (χ3v) is 3.43. The van der Waals surface area contributed by atoms with Crippen LogP contribution in [-0.2, 0) is 4.79 Å². The molecular formula is C10H20N2O. The summed E-state index contributed by atoms with van der Waals surface area (Å²) in [4.78, 5) is 14.0. The van der Waals surface area contributed by atoms with Crippen LogP contribution in [-0.4, -0.2) is 38.0 Å². The molecule has 1 fully saturated rings. The van der Waals surface area contributed by atoms with Gasteiger partial charge < -0.3 is 10.2 Å². The van der Waals surface area contributed by atoms with Gasteiger partial charge in [-0.1, -0.05) is 13.8 Å². The molecule has 1 aliphatic heterocycles. The second-order valence-electron chi connectivity index (χ2n) is 4.41. The molecule has 0 unspecified atom stereocenters. The first-order chi connectivity index (χ1) is 6.00. The van der Waals surface area contributed by atoms with Crippen molar-refractivity contribution in [2.45, 2.75) is 20.3 Å². The molecule has 13 heavy (non-hydrogen) atoms. The van der Waals surface area contributed by atoms with E-state index in [2.05, 4.69) is 31.1 Å². The zero-order chi connectivity index (χ0) is 10.1. The Kier molecular flexibility index (Phi) is 2.96. The fourth-order valence-electron chi connectivity index (χ4n) is 2.05. The van der Waals surface area contributed by atoms with Crippen molar-refractivity contribution in [3.63, 3.8) is 0 Å². The van der Waals surface area contributed by atoms with E-state index in [4.69, 9.17) is 0 Å². The number of amides is 1. The van der Waals surface area contributed by atoms with E-state index >= 15 is 0 Å². The molecule has 1 amide bonds. The van der Waals surface area contributed by atoms with Crippen LogP contribution in [0.1, 0.15) is 20.3 Å². The molecule has 0 spiro atoms. The lowest BCUT2D eigenvalue weighted by molar-refractivity contribution is -0.135. The molecule has 0 aromatic carbocycles. The zero-order valence-electron chi connectivity index (χ0n) is 9.05. The lowest BCUT2D eigenvalue weighted by Crippen LogP contribution is -2.50. The van der Waals surface area contributed by atoms with E-state index in [0.29, 0.717) is 5.92 Å². The van der Waals surface area contributed by atoms with Crippen LogP contribution in [0.5, 0.6) is 0 Å². The summed E-state index contributed by atoms with van der Waals surface area (Å²) in [5, 5.41) is 2.76. The van der Waals surface area contributed by atoms with Gasteiger partial charge in [0.15, 0.2) is 0 Å². The molecule has 76 valence electrons. The molecule has 0 radical (unpaired) electrons. The predicted octanol–water partition coefficient (Wildman–Crippen LogP) is 0.710. The van der Waals surface area contributed by atoms with Crippen molar-refractivity contribution in [2.24, 2.45) is 11.3 Å². The zero-order valence-corrected chi connectivity index (χ0v) is 9.05. The third kappa shape index (κ3) is 1.85. The van der Waals surface area contributed by atoms with Gasteiger partial charge in [-0.3, -0.25) is 4.79 Å². The van der Waals surface area contributed by atoms with Gasteiger partial charge in [-0.25, -0.2) is 0 Å². The summed E-state index contributed by atoms with van der Waals surface area (Å²) in [7, 11) is 3.83. The van der Waals surface area contributed by atoms with Crippen LogP contribution < -0.4 is 5.32 Å². The minimum absolute atomic E-state index is 0.165. The minimum atomic E-state index is -0.165. The molecule has 0 aromatic heterocycles. The lowest BCUT2D eigenvalue weighted by Gasteiger charge is -2.41. The summed E-state index contributed by atoms with van der Waals surface area (Å²) in [6.45, 7) is 6.27. The highest BCUT2D eigenvalue weighted by atomic mass is 16.2. The Balaban J connectivity index is 2.73. The van der Waals surface area contributed by atoms with Gasteiger partial charge in [-0.2, -0.15) is 0 Å². The molecule has 2 atom stereocenters. The van der Waals surface area contributed by atoms with Crippen molar-refractivity contribution in [1.29, 1.82) is 0 Å². The Labute approximate surface area is 80.5 Å². The van der Waals surface area contributed by atoms with Crippen molar-refractivity contribution in [2.75, 3.05) is 27.2 Å². The molecule has 1 rings (SSSR count). The Morgan fingerprint density at radius 3 is 2.69 bits per heavy atom. The molecule has 0 bridgehead atoms. The number of carbonyl (C=O) groups is 1. The monoisotopic (exact) mass is 184 g/mol. The summed E-state index contributed by atoms with van der Waals surface area (Å²) >= 11 is 0. The molecule has 0 saturated carbocycles. The second kappa shape index (κ2) is 3.66. The highest BCUT2D eigenvalue weighted by Crippen LogP contribution is 2.35. The normalized spacial score (nSPS) is 35.8. The van der Waals surface area contributed by atoms with E-state index in [1.807, 2.05) is 0 Å². The van der Waals surface area contributed by atoms with Gasteiger partial charge in [0.05, 0.1) is 5.41 Å². The van der Waals surface area contributed by atoms with Gasteiger partial charge in [0, 0.05) is 13.6 Å². The van der Waals surface area contributed by atoms with Crippen LogP contribution in [0.15, 0.2) is 0 Å². The molecule has 1 heterocycles. The molecular weight excluding hydrogens is 164 g/mol. The predicted molar refractivity (Wildman–Crippen MR) is 53.5 cm³/mol. The summed E-state index contributed by atoms with van der Waals surface area (Å²) < 4.78 is 0. The molecule has 1 N–H and O–H groups in total. The number of nitrogens with one attached hydrogen (secondary N) is 1. The van der Waals surface area contributed by atoms with Gasteiger partial charge in [-0.15, -0.1) is 0 Å². The Bertz CT molecular complexity index is 205. The number of rotatable bonds is 1. The number of hydrogen-bond donors (Lipinski definition) is 1. The maximum atomic E-state index is 11.7. The van der Waals surface area contributed by atoms with E-state index in [9.17, 15) is 4.79 Å². The maximum absolute atomic E-state index is 11.7. The van der Waals surface area contributed by atoms with Gasteiger partial charge in [-0.05, 0) is 25.9 Å². The summed E-state index contributed by atoms with van der Waals surface area (Å²) in [6.07, 6.45) is 0.963. The Hall–Kier alpha value is -0.570. The van der Waals surface area contributed by atoms with Gasteiger partial charge in [0.25, 0.3) is 0 Å². The van der Waals surface area contributed by atoms with Gasteiger partial charge >= 0.3 is 0 Å². The van der Waals surface area contributed by atoms with Crippen LogP contribution >= 0.6 is 0 Å². The van der Waals surface area contributed by atoms with E-state index < -0.39 is 0 Å². The first kappa shape index (κ1) is 10.5. The Morgan fingerprint density at radius 1 is 1.62 bits per heavy atom. The molecule has 1 aliphatic rings. The maximum Gasteiger partial charge on any atom is 0.226 e. The average molecular weight is 184 g/mol. The number of carbonyl (C=O) groups excluding carboxylic acids is 1. The van der Waals surface area contributed by atoms with Crippen molar-refractivity contribution < 1.29 is 4.79 Å². The van der Waals surface area contributed by atoms with Crippen molar-refractivity contribution in [3.05, 3.63) is 0 Å². The first-order valence-corrected chi connectivity index (χ1v) is 4.91. The quantitative estimate of drug-likeness (QED) is 0.651. The SMILES string of the molecule is CNC(=O)[C@@]1(C)CCN(C)C[C@H]1C. The minimum Gasteiger partial charge on any atom is -0.359 e. The van der Waals surface area contributed by atoms with Crippen LogP contribution in [0.25, 0.3) is 0 Å². The van der Waals surface area contributed by atoms with Crippen molar-refractivity contribution >= 4 is 5.91 Å².